The van der Waals surface area contributed by atoms with E-state index in [1.807, 2.05) is 13.0 Å². The molecule has 0 saturated heterocycles. The Morgan fingerprint density at radius 3 is 3.05 bits per heavy atom. The average molecular weight is 263 g/mol. The molecule has 104 valence electrons. The quantitative estimate of drug-likeness (QED) is 0.773. The molecule has 0 unspecified atom stereocenters. The van der Waals surface area contributed by atoms with Crippen LogP contribution in [0.25, 0.3) is 5.78 Å². The van der Waals surface area contributed by atoms with Crippen LogP contribution in [0.1, 0.15) is 26.0 Å². The summed E-state index contributed by atoms with van der Waals surface area (Å²) in [5, 5.41) is 7.49. The Balaban J connectivity index is 1.83. The topological polar surface area (TPSA) is 64.3 Å². The number of aryl methyl sites for hydroxylation is 1. The van der Waals surface area contributed by atoms with Crippen molar-refractivity contribution in [2.45, 2.75) is 27.2 Å². The van der Waals surface area contributed by atoms with Crippen molar-refractivity contribution in [3.05, 3.63) is 18.1 Å². The third-order valence-corrected chi connectivity index (χ3v) is 2.60. The van der Waals surface area contributed by atoms with Crippen LogP contribution in [-0.4, -0.2) is 39.3 Å². The second-order valence-electron chi connectivity index (χ2n) is 5.00. The van der Waals surface area contributed by atoms with Crippen LogP contribution >= 0.6 is 0 Å². The number of nitrogens with one attached hydrogen (secondary N) is 1. The fourth-order valence-corrected chi connectivity index (χ4v) is 1.77. The summed E-state index contributed by atoms with van der Waals surface area (Å²) < 4.78 is 7.25. The molecule has 0 radical (unpaired) electrons. The van der Waals surface area contributed by atoms with E-state index >= 15 is 0 Å². The Bertz CT molecular complexity index is 523. The van der Waals surface area contributed by atoms with Crippen molar-refractivity contribution in [3.8, 4) is 0 Å². The van der Waals surface area contributed by atoms with Gasteiger partial charge in [-0.05, 0) is 19.3 Å². The number of hydrogen-bond acceptors (Lipinski definition) is 5. The first-order valence-electron chi connectivity index (χ1n) is 6.66. The molecule has 0 spiro atoms. The van der Waals surface area contributed by atoms with Crippen molar-refractivity contribution < 1.29 is 4.74 Å². The first kappa shape index (κ1) is 13.7. The van der Waals surface area contributed by atoms with Crippen LogP contribution in [0, 0.1) is 12.8 Å². The maximum absolute atomic E-state index is 5.54. The van der Waals surface area contributed by atoms with Crippen LogP contribution in [0.3, 0.4) is 0 Å². The number of aromatic nitrogens is 4. The van der Waals surface area contributed by atoms with Crippen LogP contribution < -0.4 is 5.32 Å². The van der Waals surface area contributed by atoms with Crippen molar-refractivity contribution >= 4 is 11.6 Å². The predicted octanol–water partition coefficient (Wildman–Crippen LogP) is 1.91. The van der Waals surface area contributed by atoms with Gasteiger partial charge in [-0.15, -0.1) is 0 Å². The van der Waals surface area contributed by atoms with E-state index in [0.717, 1.165) is 37.7 Å². The molecular formula is C13H21N5O. The first-order chi connectivity index (χ1) is 9.16. The summed E-state index contributed by atoms with van der Waals surface area (Å²) in [6.07, 6.45) is 2.48. The van der Waals surface area contributed by atoms with Crippen molar-refractivity contribution in [3.63, 3.8) is 0 Å². The molecule has 6 nitrogen and oxygen atoms in total. The molecule has 2 heterocycles. The number of nitrogens with zero attached hydrogens (tertiary/aromatic N) is 4. The Kier molecular flexibility index (Phi) is 4.68. The molecular weight excluding hydrogens is 242 g/mol. The van der Waals surface area contributed by atoms with E-state index in [9.17, 15) is 0 Å². The number of rotatable bonds is 7. The molecule has 0 saturated carbocycles. The van der Waals surface area contributed by atoms with Gasteiger partial charge in [0, 0.05) is 31.5 Å². The third kappa shape index (κ3) is 3.89. The molecule has 1 N–H and O–H groups in total. The normalized spacial score (nSPS) is 11.4. The maximum Gasteiger partial charge on any atom is 0.254 e. The summed E-state index contributed by atoms with van der Waals surface area (Å²) in [5.74, 6) is 2.13. The summed E-state index contributed by atoms with van der Waals surface area (Å²) in [7, 11) is 0. The van der Waals surface area contributed by atoms with Crippen molar-refractivity contribution in [1.29, 1.82) is 0 Å². The van der Waals surface area contributed by atoms with Gasteiger partial charge in [0.25, 0.3) is 5.78 Å². The molecule has 19 heavy (non-hydrogen) atoms. The second-order valence-corrected chi connectivity index (χ2v) is 5.00. The second kappa shape index (κ2) is 6.47. The molecule has 2 aromatic heterocycles. The minimum Gasteiger partial charge on any atom is -0.381 e. The van der Waals surface area contributed by atoms with E-state index in [1.165, 1.54) is 6.33 Å². The van der Waals surface area contributed by atoms with Gasteiger partial charge < -0.3 is 10.1 Å². The Hall–Kier alpha value is -1.69. The highest BCUT2D eigenvalue weighted by Gasteiger charge is 2.04. The van der Waals surface area contributed by atoms with Gasteiger partial charge in [0.2, 0.25) is 0 Å². The number of ether oxygens (including phenoxy) is 1. The van der Waals surface area contributed by atoms with Gasteiger partial charge in [0.1, 0.15) is 12.1 Å². The summed E-state index contributed by atoms with van der Waals surface area (Å²) >= 11 is 0. The zero-order valence-electron chi connectivity index (χ0n) is 11.8. The largest absolute Gasteiger partial charge is 0.381 e. The van der Waals surface area contributed by atoms with E-state index < -0.39 is 0 Å². The molecule has 6 heteroatoms. The summed E-state index contributed by atoms with van der Waals surface area (Å²) in [4.78, 5) is 8.39. The standard InChI is InChI=1S/C13H21N5O/c1-10(2)8-19-6-4-5-14-12-7-11(3)17-13-15-9-16-18(12)13/h7,9-10,14H,4-6,8H2,1-3H3. The number of anilines is 1. The van der Waals surface area contributed by atoms with Gasteiger partial charge in [-0.1, -0.05) is 13.8 Å². The Morgan fingerprint density at radius 1 is 1.42 bits per heavy atom. The highest BCUT2D eigenvalue weighted by molar-refractivity contribution is 5.44. The van der Waals surface area contributed by atoms with Crippen LogP contribution in [0.15, 0.2) is 12.4 Å². The molecule has 2 rings (SSSR count). The molecule has 0 aromatic carbocycles. The molecule has 0 aliphatic carbocycles. The summed E-state index contributed by atoms with van der Waals surface area (Å²) in [6, 6.07) is 1.97. The first-order valence-corrected chi connectivity index (χ1v) is 6.66. The zero-order chi connectivity index (χ0) is 13.7. The van der Waals surface area contributed by atoms with Crippen LogP contribution in [-0.2, 0) is 4.74 Å². The lowest BCUT2D eigenvalue weighted by Gasteiger charge is -2.09. The monoisotopic (exact) mass is 263 g/mol. The average Bonchev–Trinajstić information content (AvgIpc) is 2.80. The van der Waals surface area contributed by atoms with Crippen LogP contribution in [0.2, 0.25) is 0 Å². The molecule has 0 aliphatic rings. The van der Waals surface area contributed by atoms with Crippen molar-refractivity contribution in [2.75, 3.05) is 25.1 Å². The summed E-state index contributed by atoms with van der Waals surface area (Å²) in [6.45, 7) is 8.69. The van der Waals surface area contributed by atoms with E-state index in [0.29, 0.717) is 11.7 Å². The predicted molar refractivity (Wildman–Crippen MR) is 74.3 cm³/mol. The molecule has 0 aliphatic heterocycles. The lowest BCUT2D eigenvalue weighted by atomic mass is 10.2. The van der Waals surface area contributed by atoms with Crippen molar-refractivity contribution in [1.82, 2.24) is 19.6 Å². The SMILES string of the molecule is Cc1cc(NCCCOCC(C)C)n2ncnc2n1. The highest BCUT2D eigenvalue weighted by Crippen LogP contribution is 2.09. The molecule has 2 aromatic rings. The molecule has 0 bridgehead atoms. The third-order valence-electron chi connectivity index (χ3n) is 2.60. The lowest BCUT2D eigenvalue weighted by molar-refractivity contribution is 0.110. The smallest absolute Gasteiger partial charge is 0.254 e. The Morgan fingerprint density at radius 2 is 2.26 bits per heavy atom. The molecule has 0 amide bonds. The van der Waals surface area contributed by atoms with Gasteiger partial charge in [0.15, 0.2) is 0 Å². The van der Waals surface area contributed by atoms with E-state index in [-0.39, 0.29) is 0 Å². The maximum atomic E-state index is 5.54. The van der Waals surface area contributed by atoms with Crippen LogP contribution in [0.4, 0.5) is 5.82 Å². The lowest BCUT2D eigenvalue weighted by Crippen LogP contribution is -2.11. The van der Waals surface area contributed by atoms with Gasteiger partial charge in [-0.25, -0.2) is 4.98 Å². The summed E-state index contributed by atoms with van der Waals surface area (Å²) in [5.41, 5.74) is 0.930. The van der Waals surface area contributed by atoms with Gasteiger partial charge in [0.05, 0.1) is 0 Å². The van der Waals surface area contributed by atoms with E-state index in [4.69, 9.17) is 4.74 Å². The zero-order valence-corrected chi connectivity index (χ0v) is 11.8. The number of hydrogen-bond donors (Lipinski definition) is 1. The fraction of sp³-hybridized carbons (Fsp3) is 0.615. The van der Waals surface area contributed by atoms with E-state index in [2.05, 4.69) is 34.2 Å². The van der Waals surface area contributed by atoms with Crippen LogP contribution in [0.5, 0.6) is 0 Å². The molecule has 0 atom stereocenters. The Labute approximate surface area is 113 Å². The van der Waals surface area contributed by atoms with Gasteiger partial charge in [-0.3, -0.25) is 0 Å². The van der Waals surface area contributed by atoms with Crippen molar-refractivity contribution in [2.24, 2.45) is 5.92 Å². The highest BCUT2D eigenvalue weighted by atomic mass is 16.5. The van der Waals surface area contributed by atoms with E-state index in [1.54, 1.807) is 4.52 Å². The fourth-order valence-electron chi connectivity index (χ4n) is 1.77. The van der Waals surface area contributed by atoms with Gasteiger partial charge in [-0.2, -0.15) is 14.6 Å². The van der Waals surface area contributed by atoms with Gasteiger partial charge >= 0.3 is 0 Å². The minimum atomic E-state index is 0.589. The minimum absolute atomic E-state index is 0.589. The number of fused-ring (bicyclic) bond motifs is 1. The molecule has 0 fully saturated rings.